The number of carbonyl (C=O) groups is 3. The number of nitrogens with zero attached hydrogens (tertiary/aromatic N) is 1. The molecule has 5 nitrogen and oxygen atoms in total. The van der Waals surface area contributed by atoms with Crippen molar-refractivity contribution in [2.24, 2.45) is 5.41 Å². The number of carboxylic acid groups (broad SMARTS) is 1. The Bertz CT molecular complexity index is 393. The van der Waals surface area contributed by atoms with Crippen molar-refractivity contribution in [1.82, 2.24) is 4.90 Å². The first-order chi connectivity index (χ1) is 7.88. The SMILES string of the molecule is CCC(CC)(CN1C(=O)C=C(C)C1=O)C(=O)O. The molecule has 0 aromatic heterocycles. The molecule has 0 aliphatic carbocycles. The van der Waals surface area contributed by atoms with E-state index >= 15 is 0 Å². The minimum Gasteiger partial charge on any atom is -0.481 e. The van der Waals surface area contributed by atoms with E-state index in [0.717, 1.165) is 4.90 Å². The number of rotatable bonds is 5. The van der Waals surface area contributed by atoms with Crippen LogP contribution in [0.2, 0.25) is 0 Å². The van der Waals surface area contributed by atoms with Crippen LogP contribution in [0.4, 0.5) is 0 Å². The minimum absolute atomic E-state index is 0.0547. The van der Waals surface area contributed by atoms with Crippen molar-refractivity contribution < 1.29 is 19.5 Å². The van der Waals surface area contributed by atoms with Gasteiger partial charge in [-0.15, -0.1) is 0 Å². The molecule has 0 bridgehead atoms. The van der Waals surface area contributed by atoms with Crippen LogP contribution in [-0.4, -0.2) is 34.3 Å². The third-order valence-corrected chi connectivity index (χ3v) is 3.46. The lowest BCUT2D eigenvalue weighted by Crippen LogP contribution is -2.45. The van der Waals surface area contributed by atoms with E-state index in [-0.39, 0.29) is 12.5 Å². The average molecular weight is 239 g/mol. The largest absolute Gasteiger partial charge is 0.481 e. The maximum atomic E-state index is 11.7. The Kier molecular flexibility index (Phi) is 3.70. The maximum Gasteiger partial charge on any atom is 0.311 e. The molecular formula is C12H17NO4. The third kappa shape index (κ3) is 2.23. The number of carboxylic acids is 1. The van der Waals surface area contributed by atoms with Crippen molar-refractivity contribution in [2.75, 3.05) is 6.54 Å². The monoisotopic (exact) mass is 239 g/mol. The highest BCUT2D eigenvalue weighted by atomic mass is 16.4. The van der Waals surface area contributed by atoms with E-state index in [0.29, 0.717) is 18.4 Å². The van der Waals surface area contributed by atoms with Crippen molar-refractivity contribution >= 4 is 17.8 Å². The molecule has 0 saturated heterocycles. The van der Waals surface area contributed by atoms with Crippen LogP contribution in [0.3, 0.4) is 0 Å². The van der Waals surface area contributed by atoms with Gasteiger partial charge in [0.1, 0.15) is 0 Å². The van der Waals surface area contributed by atoms with E-state index in [1.54, 1.807) is 20.8 Å². The van der Waals surface area contributed by atoms with Crippen LogP contribution in [0.15, 0.2) is 11.6 Å². The van der Waals surface area contributed by atoms with E-state index in [2.05, 4.69) is 0 Å². The second kappa shape index (κ2) is 4.69. The van der Waals surface area contributed by atoms with E-state index in [1.807, 2.05) is 0 Å². The summed E-state index contributed by atoms with van der Waals surface area (Å²) in [5.74, 6) is -1.77. The average Bonchev–Trinajstić information content (AvgIpc) is 2.51. The van der Waals surface area contributed by atoms with Crippen molar-refractivity contribution in [1.29, 1.82) is 0 Å². The van der Waals surface area contributed by atoms with Gasteiger partial charge in [0.25, 0.3) is 11.8 Å². The fraction of sp³-hybridized carbons (Fsp3) is 0.583. The van der Waals surface area contributed by atoms with Gasteiger partial charge < -0.3 is 5.11 Å². The fourth-order valence-corrected chi connectivity index (χ4v) is 1.93. The van der Waals surface area contributed by atoms with Gasteiger partial charge in [0, 0.05) is 18.2 Å². The van der Waals surface area contributed by atoms with Crippen LogP contribution in [-0.2, 0) is 14.4 Å². The molecule has 1 rings (SSSR count). The molecule has 94 valence electrons. The molecule has 0 atom stereocenters. The lowest BCUT2D eigenvalue weighted by Gasteiger charge is -2.30. The van der Waals surface area contributed by atoms with Crippen LogP contribution in [0, 0.1) is 5.41 Å². The molecule has 0 fully saturated rings. The van der Waals surface area contributed by atoms with Gasteiger partial charge >= 0.3 is 5.97 Å². The van der Waals surface area contributed by atoms with E-state index < -0.39 is 17.3 Å². The highest BCUT2D eigenvalue weighted by Gasteiger charge is 2.41. The predicted molar refractivity (Wildman–Crippen MR) is 61.1 cm³/mol. The zero-order valence-electron chi connectivity index (χ0n) is 10.3. The molecule has 17 heavy (non-hydrogen) atoms. The summed E-state index contributed by atoms with van der Waals surface area (Å²) in [4.78, 5) is 35.6. The molecule has 1 aliphatic heterocycles. The van der Waals surface area contributed by atoms with Crippen molar-refractivity contribution in [3.63, 3.8) is 0 Å². The summed E-state index contributed by atoms with van der Waals surface area (Å²) in [5.41, 5.74) is -0.675. The number of amides is 2. The van der Waals surface area contributed by atoms with Crippen LogP contribution >= 0.6 is 0 Å². The Balaban J connectivity index is 2.94. The normalized spacial score (nSPS) is 16.4. The topological polar surface area (TPSA) is 74.7 Å². The molecule has 0 radical (unpaired) electrons. The first-order valence-corrected chi connectivity index (χ1v) is 5.65. The van der Waals surface area contributed by atoms with Crippen molar-refractivity contribution in [3.8, 4) is 0 Å². The summed E-state index contributed by atoms with van der Waals surface area (Å²) in [7, 11) is 0. The third-order valence-electron chi connectivity index (χ3n) is 3.46. The Morgan fingerprint density at radius 3 is 2.18 bits per heavy atom. The minimum atomic E-state index is -1.04. The first-order valence-electron chi connectivity index (χ1n) is 5.65. The zero-order chi connectivity index (χ0) is 13.2. The number of imide groups is 1. The van der Waals surface area contributed by atoms with Gasteiger partial charge in [-0.25, -0.2) is 0 Å². The van der Waals surface area contributed by atoms with Gasteiger partial charge in [0.15, 0.2) is 0 Å². The number of carbonyl (C=O) groups excluding carboxylic acids is 2. The maximum absolute atomic E-state index is 11.7. The van der Waals surface area contributed by atoms with E-state index in [9.17, 15) is 19.5 Å². The first kappa shape index (κ1) is 13.4. The van der Waals surface area contributed by atoms with Gasteiger partial charge in [-0.1, -0.05) is 13.8 Å². The summed E-state index contributed by atoms with van der Waals surface area (Å²) in [5, 5.41) is 9.26. The molecule has 0 spiro atoms. The molecule has 0 saturated carbocycles. The van der Waals surface area contributed by atoms with Gasteiger partial charge in [0.05, 0.1) is 5.41 Å². The zero-order valence-corrected chi connectivity index (χ0v) is 10.3. The standard InChI is InChI=1S/C12H17NO4/c1-4-12(5-2,11(16)17)7-13-9(14)6-8(3)10(13)15/h6H,4-5,7H2,1-3H3,(H,16,17). The van der Waals surface area contributed by atoms with Gasteiger partial charge in [-0.05, 0) is 19.8 Å². The smallest absolute Gasteiger partial charge is 0.311 e. The lowest BCUT2D eigenvalue weighted by molar-refractivity contribution is -0.153. The molecular weight excluding hydrogens is 222 g/mol. The van der Waals surface area contributed by atoms with Crippen molar-refractivity contribution in [2.45, 2.75) is 33.6 Å². The Morgan fingerprint density at radius 1 is 1.35 bits per heavy atom. The molecule has 1 heterocycles. The van der Waals surface area contributed by atoms with Gasteiger partial charge in [-0.3, -0.25) is 19.3 Å². The Hall–Kier alpha value is -1.65. The highest BCUT2D eigenvalue weighted by Crippen LogP contribution is 2.30. The van der Waals surface area contributed by atoms with Crippen LogP contribution in [0.25, 0.3) is 0 Å². The summed E-state index contributed by atoms with van der Waals surface area (Å²) in [6.45, 7) is 5.01. The summed E-state index contributed by atoms with van der Waals surface area (Å²) < 4.78 is 0. The molecule has 0 aromatic rings. The highest BCUT2D eigenvalue weighted by molar-refractivity contribution is 6.16. The van der Waals surface area contributed by atoms with Crippen molar-refractivity contribution in [3.05, 3.63) is 11.6 Å². The number of hydrogen-bond donors (Lipinski definition) is 1. The molecule has 1 N–H and O–H groups in total. The molecule has 5 heteroatoms. The Labute approximate surface area is 100 Å². The number of aliphatic carboxylic acids is 1. The molecule has 0 unspecified atom stereocenters. The summed E-state index contributed by atoms with van der Waals surface area (Å²) in [6, 6.07) is 0. The quantitative estimate of drug-likeness (QED) is 0.731. The van der Waals surface area contributed by atoms with Crippen LogP contribution < -0.4 is 0 Å². The Morgan fingerprint density at radius 2 is 1.88 bits per heavy atom. The van der Waals surface area contributed by atoms with Crippen LogP contribution in [0.5, 0.6) is 0 Å². The fourth-order valence-electron chi connectivity index (χ4n) is 1.93. The predicted octanol–water partition coefficient (Wildman–Crippen LogP) is 1.19. The second-order valence-electron chi connectivity index (χ2n) is 4.35. The summed E-state index contributed by atoms with van der Waals surface area (Å²) in [6.07, 6.45) is 2.02. The van der Waals surface area contributed by atoms with E-state index in [4.69, 9.17) is 0 Å². The lowest BCUT2D eigenvalue weighted by atomic mass is 9.82. The molecule has 1 aliphatic rings. The summed E-state index contributed by atoms with van der Waals surface area (Å²) >= 11 is 0. The van der Waals surface area contributed by atoms with Crippen LogP contribution in [0.1, 0.15) is 33.6 Å². The molecule has 2 amide bonds. The number of hydrogen-bond acceptors (Lipinski definition) is 3. The second-order valence-corrected chi connectivity index (χ2v) is 4.35. The van der Waals surface area contributed by atoms with Gasteiger partial charge in [0.2, 0.25) is 0 Å². The van der Waals surface area contributed by atoms with Gasteiger partial charge in [-0.2, -0.15) is 0 Å². The molecule has 0 aromatic carbocycles. The van der Waals surface area contributed by atoms with E-state index in [1.165, 1.54) is 6.08 Å².